The van der Waals surface area contributed by atoms with Crippen LogP contribution in [0.3, 0.4) is 0 Å². The van der Waals surface area contributed by atoms with Gasteiger partial charge in [0.25, 0.3) is 6.29 Å². The standard InChI is InChI=1S/C21H19NO9/c1-10(23)28-14-6-4-5-13(9-14)22-18(26)16-15-7-8-21(31-15,17(16)19(22)27)20(29-11(2)24)30-12(3)25/h4-9,15-17,20H,1-3H3/t15-,16+,17-,21+/m0/s1. The van der Waals surface area contributed by atoms with E-state index in [0.29, 0.717) is 0 Å². The van der Waals surface area contributed by atoms with Crippen LogP contribution in [0.5, 0.6) is 5.75 Å². The number of imide groups is 1. The maximum absolute atomic E-state index is 13.4. The molecule has 0 spiro atoms. The first kappa shape index (κ1) is 20.7. The molecular formula is C21H19NO9. The predicted octanol–water partition coefficient (Wildman–Crippen LogP) is 0.877. The molecule has 10 heteroatoms. The fourth-order valence-electron chi connectivity index (χ4n) is 4.32. The van der Waals surface area contributed by atoms with Gasteiger partial charge in [-0.25, -0.2) is 4.90 Å². The van der Waals surface area contributed by atoms with Crippen LogP contribution in [0.2, 0.25) is 0 Å². The van der Waals surface area contributed by atoms with Crippen molar-refractivity contribution in [2.45, 2.75) is 38.8 Å². The topological polar surface area (TPSA) is 126 Å². The second kappa shape index (κ2) is 7.31. The zero-order chi connectivity index (χ0) is 22.5. The lowest BCUT2D eigenvalue weighted by Crippen LogP contribution is -2.52. The van der Waals surface area contributed by atoms with Gasteiger partial charge in [0.05, 0.1) is 23.6 Å². The van der Waals surface area contributed by atoms with E-state index in [1.807, 2.05) is 0 Å². The minimum absolute atomic E-state index is 0.174. The number of carbonyl (C=O) groups excluding carboxylic acids is 5. The second-order valence-corrected chi connectivity index (χ2v) is 7.45. The molecule has 0 aromatic heterocycles. The number of anilines is 1. The third-order valence-corrected chi connectivity index (χ3v) is 5.33. The quantitative estimate of drug-likeness (QED) is 0.220. The smallest absolute Gasteiger partial charge is 0.308 e. The molecule has 2 bridgehead atoms. The Balaban J connectivity index is 1.71. The summed E-state index contributed by atoms with van der Waals surface area (Å²) in [6, 6.07) is 5.99. The molecular weight excluding hydrogens is 410 g/mol. The van der Waals surface area contributed by atoms with Gasteiger partial charge in [-0.05, 0) is 18.2 Å². The van der Waals surface area contributed by atoms with Crippen molar-refractivity contribution >= 4 is 35.4 Å². The Hall–Kier alpha value is -3.53. The summed E-state index contributed by atoms with van der Waals surface area (Å²) in [5.41, 5.74) is -1.41. The Morgan fingerprint density at radius 3 is 2.32 bits per heavy atom. The molecule has 3 aliphatic heterocycles. The predicted molar refractivity (Wildman–Crippen MR) is 101 cm³/mol. The van der Waals surface area contributed by atoms with E-state index in [9.17, 15) is 24.0 Å². The van der Waals surface area contributed by atoms with Crippen LogP contribution >= 0.6 is 0 Å². The highest BCUT2D eigenvalue weighted by Crippen LogP contribution is 2.54. The van der Waals surface area contributed by atoms with E-state index in [0.717, 1.165) is 18.7 Å². The number of nitrogens with zero attached hydrogens (tertiary/aromatic N) is 1. The summed E-state index contributed by atoms with van der Waals surface area (Å²) < 4.78 is 21.3. The van der Waals surface area contributed by atoms with Gasteiger partial charge in [-0.2, -0.15) is 0 Å². The molecule has 0 aliphatic carbocycles. The molecule has 2 fully saturated rings. The van der Waals surface area contributed by atoms with Crippen molar-refractivity contribution in [3.8, 4) is 5.75 Å². The van der Waals surface area contributed by atoms with Gasteiger partial charge >= 0.3 is 17.9 Å². The van der Waals surface area contributed by atoms with Crippen LogP contribution < -0.4 is 9.64 Å². The molecule has 10 nitrogen and oxygen atoms in total. The van der Waals surface area contributed by atoms with Gasteiger partial charge in [0, 0.05) is 26.8 Å². The van der Waals surface area contributed by atoms with Gasteiger partial charge in [-0.15, -0.1) is 0 Å². The summed E-state index contributed by atoms with van der Waals surface area (Å²) in [6.45, 7) is 3.49. The highest BCUT2D eigenvalue weighted by Gasteiger charge is 2.72. The van der Waals surface area contributed by atoms with E-state index in [-0.39, 0.29) is 11.4 Å². The molecule has 0 N–H and O–H groups in total. The normalized spacial score (nSPS) is 28.1. The van der Waals surface area contributed by atoms with E-state index in [1.165, 1.54) is 31.2 Å². The molecule has 2 amide bonds. The second-order valence-electron chi connectivity index (χ2n) is 7.45. The van der Waals surface area contributed by atoms with E-state index < -0.39 is 59.6 Å². The molecule has 3 heterocycles. The molecule has 2 saturated heterocycles. The molecule has 0 radical (unpaired) electrons. The van der Waals surface area contributed by atoms with E-state index in [4.69, 9.17) is 18.9 Å². The third kappa shape index (κ3) is 3.28. The van der Waals surface area contributed by atoms with Gasteiger partial charge in [0.15, 0.2) is 5.60 Å². The van der Waals surface area contributed by atoms with Crippen molar-refractivity contribution in [1.29, 1.82) is 0 Å². The van der Waals surface area contributed by atoms with E-state index in [1.54, 1.807) is 12.1 Å². The first-order valence-electron chi connectivity index (χ1n) is 9.52. The first-order valence-corrected chi connectivity index (χ1v) is 9.52. The highest BCUT2D eigenvalue weighted by molar-refractivity contribution is 6.23. The average Bonchev–Trinajstić information content (AvgIpc) is 3.31. The molecule has 1 aromatic rings. The number of fused-ring (bicyclic) bond motifs is 5. The molecule has 162 valence electrons. The number of benzene rings is 1. The molecule has 4 atom stereocenters. The van der Waals surface area contributed by atoms with Gasteiger partial charge in [0.1, 0.15) is 5.75 Å². The number of ether oxygens (including phenoxy) is 4. The number of hydrogen-bond acceptors (Lipinski definition) is 9. The number of amides is 2. The molecule has 3 aliphatic rings. The minimum Gasteiger partial charge on any atom is -0.427 e. The number of rotatable bonds is 5. The summed E-state index contributed by atoms with van der Waals surface area (Å²) in [7, 11) is 0. The van der Waals surface area contributed by atoms with Crippen molar-refractivity contribution in [3.05, 3.63) is 36.4 Å². The van der Waals surface area contributed by atoms with Gasteiger partial charge in [-0.3, -0.25) is 24.0 Å². The van der Waals surface area contributed by atoms with Crippen molar-refractivity contribution in [2.24, 2.45) is 11.8 Å². The van der Waals surface area contributed by atoms with Crippen LogP contribution in [0.4, 0.5) is 5.69 Å². The number of esters is 3. The minimum atomic E-state index is -1.62. The van der Waals surface area contributed by atoms with Gasteiger partial charge in [-0.1, -0.05) is 12.1 Å². The Kier molecular flexibility index (Phi) is 4.89. The zero-order valence-electron chi connectivity index (χ0n) is 16.9. The van der Waals surface area contributed by atoms with Crippen LogP contribution in [-0.4, -0.2) is 47.7 Å². The molecule has 1 aromatic carbocycles. The molecule has 0 saturated carbocycles. The van der Waals surface area contributed by atoms with Gasteiger partial charge in [0.2, 0.25) is 11.8 Å². The average molecular weight is 429 g/mol. The Morgan fingerprint density at radius 1 is 1.03 bits per heavy atom. The van der Waals surface area contributed by atoms with Crippen LogP contribution in [0.1, 0.15) is 20.8 Å². The third-order valence-electron chi connectivity index (χ3n) is 5.33. The Labute approximate surface area is 176 Å². The molecule has 31 heavy (non-hydrogen) atoms. The Bertz CT molecular complexity index is 1020. The van der Waals surface area contributed by atoms with Crippen LogP contribution in [0.15, 0.2) is 36.4 Å². The lowest BCUT2D eigenvalue weighted by atomic mass is 9.76. The fraction of sp³-hybridized carbons (Fsp3) is 0.381. The van der Waals surface area contributed by atoms with E-state index >= 15 is 0 Å². The summed E-state index contributed by atoms with van der Waals surface area (Å²) in [4.78, 5) is 62.1. The lowest BCUT2D eigenvalue weighted by Gasteiger charge is -2.34. The molecule has 4 rings (SSSR count). The van der Waals surface area contributed by atoms with Crippen molar-refractivity contribution in [2.75, 3.05) is 4.90 Å². The summed E-state index contributed by atoms with van der Waals surface area (Å²) in [6.07, 6.45) is 0.796. The maximum Gasteiger partial charge on any atom is 0.308 e. The number of carbonyl (C=O) groups is 5. The molecule has 0 unspecified atom stereocenters. The SMILES string of the molecule is CC(=O)Oc1cccc(N2C(=O)[C@@H]3[C@@H]4C=C[C@@](C(OC(C)=O)OC(C)=O)(O4)[C@@H]3C2=O)c1. The maximum atomic E-state index is 13.4. The van der Waals surface area contributed by atoms with Crippen LogP contribution in [-0.2, 0) is 38.2 Å². The highest BCUT2D eigenvalue weighted by atomic mass is 16.7. The van der Waals surface area contributed by atoms with Crippen molar-refractivity contribution in [1.82, 2.24) is 0 Å². The van der Waals surface area contributed by atoms with Crippen molar-refractivity contribution < 1.29 is 42.9 Å². The fourth-order valence-corrected chi connectivity index (χ4v) is 4.32. The van der Waals surface area contributed by atoms with E-state index in [2.05, 4.69) is 0 Å². The summed E-state index contributed by atoms with van der Waals surface area (Å²) in [5.74, 6) is -4.94. The Morgan fingerprint density at radius 2 is 1.71 bits per heavy atom. The van der Waals surface area contributed by atoms with Crippen molar-refractivity contribution in [3.63, 3.8) is 0 Å². The largest absolute Gasteiger partial charge is 0.427 e. The summed E-state index contributed by atoms with van der Waals surface area (Å²) in [5, 5.41) is 0. The van der Waals surface area contributed by atoms with Gasteiger partial charge < -0.3 is 18.9 Å². The van der Waals surface area contributed by atoms with Crippen LogP contribution in [0.25, 0.3) is 0 Å². The number of hydrogen-bond donors (Lipinski definition) is 0. The first-order chi connectivity index (χ1) is 14.6. The monoisotopic (exact) mass is 429 g/mol. The summed E-state index contributed by atoms with van der Waals surface area (Å²) >= 11 is 0. The lowest BCUT2D eigenvalue weighted by molar-refractivity contribution is -0.226. The van der Waals surface area contributed by atoms with Crippen LogP contribution in [0, 0.1) is 11.8 Å². The zero-order valence-corrected chi connectivity index (χ0v) is 16.9.